The molecule has 35 heavy (non-hydrogen) atoms. The lowest BCUT2D eigenvalue weighted by molar-refractivity contribution is -0.428. The Bertz CT molecular complexity index is 1350. The van der Waals surface area contributed by atoms with Gasteiger partial charge in [-0.05, 0) is 54.1 Å². The first-order valence-electron chi connectivity index (χ1n) is 10.9. The molecular weight excluding hydrogens is 453 g/mol. The van der Waals surface area contributed by atoms with E-state index in [1.54, 1.807) is 55.6 Å². The molecule has 8 nitrogen and oxygen atoms in total. The van der Waals surface area contributed by atoms with Crippen LogP contribution in [0.2, 0.25) is 0 Å². The number of imide groups is 1. The zero-order chi connectivity index (χ0) is 24.5. The minimum atomic E-state index is -1.05. The van der Waals surface area contributed by atoms with E-state index in [1.165, 1.54) is 28.8 Å². The third-order valence-corrected chi connectivity index (χ3v) is 5.83. The molecule has 0 radical (unpaired) electrons. The Morgan fingerprint density at radius 1 is 1.06 bits per heavy atom. The van der Waals surface area contributed by atoms with Crippen molar-refractivity contribution in [1.29, 1.82) is 0 Å². The highest BCUT2D eigenvalue weighted by Gasteiger charge is 2.53. The van der Waals surface area contributed by atoms with Crippen LogP contribution in [-0.4, -0.2) is 52.8 Å². The highest BCUT2D eigenvalue weighted by molar-refractivity contribution is 6.22. The second-order valence-corrected chi connectivity index (χ2v) is 8.08. The summed E-state index contributed by atoms with van der Waals surface area (Å²) in [4.78, 5) is 40.8. The summed E-state index contributed by atoms with van der Waals surface area (Å²) in [5.74, 6) is -0.329. The normalized spacial score (nSPS) is 16.5. The van der Waals surface area contributed by atoms with Crippen molar-refractivity contribution < 1.29 is 32.8 Å². The minimum absolute atomic E-state index is 0.00122. The number of anilines is 1. The number of urea groups is 1. The van der Waals surface area contributed by atoms with E-state index in [-0.39, 0.29) is 13.1 Å². The number of halogens is 1. The summed E-state index contributed by atoms with van der Waals surface area (Å²) in [6.07, 6.45) is -1.05. The molecule has 4 amide bonds. The number of carbonyl (C=O) groups excluding carboxylic acids is 3. The SMILES string of the molecule is COc1ccc(CN2C(=O)C3Oc4ccccc4C3=[N+](CC(=O)Nc3ccc(F)cc3)C2=O)cc1. The smallest absolute Gasteiger partial charge is 0.497 e. The van der Waals surface area contributed by atoms with Gasteiger partial charge in [0.2, 0.25) is 0 Å². The van der Waals surface area contributed by atoms with E-state index in [1.807, 2.05) is 0 Å². The van der Waals surface area contributed by atoms with Crippen molar-refractivity contribution in [2.75, 3.05) is 19.0 Å². The molecule has 3 aromatic rings. The molecule has 0 aliphatic carbocycles. The third-order valence-electron chi connectivity index (χ3n) is 5.83. The van der Waals surface area contributed by atoms with Crippen LogP contribution in [0.4, 0.5) is 14.9 Å². The van der Waals surface area contributed by atoms with Gasteiger partial charge in [0.05, 0.1) is 12.7 Å². The van der Waals surface area contributed by atoms with Gasteiger partial charge in [0.1, 0.15) is 23.9 Å². The topological polar surface area (TPSA) is 87.9 Å². The van der Waals surface area contributed by atoms with Crippen LogP contribution in [0, 0.1) is 5.82 Å². The maximum absolute atomic E-state index is 13.5. The number of amides is 4. The van der Waals surface area contributed by atoms with Crippen LogP contribution in [0.5, 0.6) is 11.5 Å². The number of rotatable bonds is 6. The van der Waals surface area contributed by atoms with E-state index in [0.29, 0.717) is 34.0 Å². The summed E-state index contributed by atoms with van der Waals surface area (Å²) >= 11 is 0. The molecule has 2 aliphatic heterocycles. The molecular formula is C26H21FN3O5+. The summed E-state index contributed by atoms with van der Waals surface area (Å²) in [5.41, 5.74) is 2.01. The van der Waals surface area contributed by atoms with E-state index in [2.05, 4.69) is 5.32 Å². The van der Waals surface area contributed by atoms with Crippen molar-refractivity contribution in [1.82, 2.24) is 4.90 Å². The van der Waals surface area contributed by atoms with Crippen molar-refractivity contribution >= 4 is 29.2 Å². The molecule has 0 aromatic heterocycles. The Hall–Kier alpha value is -4.53. The van der Waals surface area contributed by atoms with Gasteiger partial charge in [0.25, 0.3) is 12.0 Å². The summed E-state index contributed by atoms with van der Waals surface area (Å²) < 4.78 is 25.5. The average Bonchev–Trinajstić information content (AvgIpc) is 3.26. The number of para-hydroxylation sites is 1. The van der Waals surface area contributed by atoms with Crippen LogP contribution >= 0.6 is 0 Å². The molecule has 0 spiro atoms. The quantitative estimate of drug-likeness (QED) is 0.555. The number of nitrogens with zero attached hydrogens (tertiary/aromatic N) is 2. The molecule has 0 saturated heterocycles. The van der Waals surface area contributed by atoms with Crippen LogP contribution in [0.25, 0.3) is 0 Å². The third kappa shape index (κ3) is 4.23. The van der Waals surface area contributed by atoms with Crippen molar-refractivity contribution in [3.8, 4) is 11.5 Å². The lowest BCUT2D eigenvalue weighted by atomic mass is 10.0. The van der Waals surface area contributed by atoms with Gasteiger partial charge in [-0.2, -0.15) is 14.3 Å². The fourth-order valence-electron chi connectivity index (χ4n) is 4.13. The molecule has 5 rings (SSSR count). The molecule has 176 valence electrons. The van der Waals surface area contributed by atoms with Crippen LogP contribution in [0.15, 0.2) is 72.8 Å². The Morgan fingerprint density at radius 2 is 1.77 bits per heavy atom. The number of benzene rings is 3. The Balaban J connectivity index is 1.48. The van der Waals surface area contributed by atoms with E-state index in [9.17, 15) is 18.8 Å². The van der Waals surface area contributed by atoms with Gasteiger partial charge >= 0.3 is 11.9 Å². The lowest BCUT2D eigenvalue weighted by Gasteiger charge is -2.24. The highest BCUT2D eigenvalue weighted by Crippen LogP contribution is 2.32. The van der Waals surface area contributed by atoms with Gasteiger partial charge in [0.15, 0.2) is 12.3 Å². The Labute approximate surface area is 200 Å². The van der Waals surface area contributed by atoms with Crippen molar-refractivity contribution in [2.24, 2.45) is 0 Å². The summed E-state index contributed by atoms with van der Waals surface area (Å²) in [5, 5.41) is 2.66. The molecule has 9 heteroatoms. The summed E-state index contributed by atoms with van der Waals surface area (Å²) in [6, 6.07) is 18.7. The van der Waals surface area contributed by atoms with Gasteiger partial charge in [0, 0.05) is 5.69 Å². The first-order valence-corrected chi connectivity index (χ1v) is 10.9. The summed E-state index contributed by atoms with van der Waals surface area (Å²) in [6.45, 7) is -0.354. The number of methoxy groups -OCH3 is 1. The largest absolute Gasteiger partial charge is 0.501 e. The number of nitrogens with one attached hydrogen (secondary N) is 1. The van der Waals surface area contributed by atoms with E-state index in [4.69, 9.17) is 9.47 Å². The zero-order valence-electron chi connectivity index (χ0n) is 18.7. The predicted octanol–water partition coefficient (Wildman–Crippen LogP) is 3.20. The van der Waals surface area contributed by atoms with Gasteiger partial charge < -0.3 is 14.8 Å². The van der Waals surface area contributed by atoms with Gasteiger partial charge in [-0.25, -0.2) is 9.18 Å². The monoisotopic (exact) mass is 474 g/mol. The zero-order valence-corrected chi connectivity index (χ0v) is 18.7. The number of fused-ring (bicyclic) bond motifs is 3. The number of hydrogen-bond donors (Lipinski definition) is 1. The maximum atomic E-state index is 13.5. The second kappa shape index (κ2) is 9.02. The predicted molar refractivity (Wildman–Crippen MR) is 124 cm³/mol. The number of hydrogen-bond acceptors (Lipinski definition) is 5. The first kappa shape index (κ1) is 22.3. The maximum Gasteiger partial charge on any atom is 0.501 e. The van der Waals surface area contributed by atoms with Crippen molar-refractivity contribution in [2.45, 2.75) is 12.6 Å². The van der Waals surface area contributed by atoms with Crippen LogP contribution < -0.4 is 14.8 Å². The van der Waals surface area contributed by atoms with Crippen LogP contribution in [0.3, 0.4) is 0 Å². The fourth-order valence-corrected chi connectivity index (χ4v) is 4.13. The fraction of sp³-hybridized carbons (Fsp3) is 0.154. The van der Waals surface area contributed by atoms with Crippen molar-refractivity contribution in [3.63, 3.8) is 0 Å². The molecule has 2 heterocycles. The molecule has 1 unspecified atom stereocenters. The number of ether oxygens (including phenoxy) is 2. The molecule has 0 fully saturated rings. The molecule has 0 saturated carbocycles. The second-order valence-electron chi connectivity index (χ2n) is 8.08. The van der Waals surface area contributed by atoms with Crippen molar-refractivity contribution in [3.05, 3.63) is 89.7 Å². The number of carbonyl (C=O) groups is 3. The van der Waals surface area contributed by atoms with E-state index < -0.39 is 29.8 Å². The van der Waals surface area contributed by atoms with Gasteiger partial charge in [-0.1, -0.05) is 24.3 Å². The molecule has 2 aliphatic rings. The van der Waals surface area contributed by atoms with Crippen LogP contribution in [-0.2, 0) is 16.1 Å². The Kier molecular flexibility index (Phi) is 5.74. The first-order chi connectivity index (χ1) is 16.9. The standard InChI is InChI=1S/C26H20FN3O5/c1-34-19-12-6-16(7-13-19)14-30-25(32)24-23(20-4-2-3-5-21(20)35-24)29(26(30)33)15-22(31)28-18-10-8-17(27)9-11-18/h2-13,24H,14-15H2,1H3/p+1. The highest BCUT2D eigenvalue weighted by atomic mass is 19.1. The van der Waals surface area contributed by atoms with Crippen LogP contribution in [0.1, 0.15) is 11.1 Å². The van der Waals surface area contributed by atoms with E-state index >= 15 is 0 Å². The van der Waals surface area contributed by atoms with E-state index in [0.717, 1.165) is 4.90 Å². The lowest BCUT2D eigenvalue weighted by Crippen LogP contribution is -2.58. The average molecular weight is 474 g/mol. The molecule has 3 aromatic carbocycles. The molecule has 0 bridgehead atoms. The Morgan fingerprint density at radius 3 is 2.49 bits per heavy atom. The molecule has 1 N–H and O–H groups in total. The summed E-state index contributed by atoms with van der Waals surface area (Å²) in [7, 11) is 1.55. The van der Waals surface area contributed by atoms with Gasteiger partial charge in [-0.15, -0.1) is 0 Å². The van der Waals surface area contributed by atoms with Gasteiger partial charge in [-0.3, -0.25) is 4.79 Å². The minimum Gasteiger partial charge on any atom is -0.497 e. The molecule has 1 atom stereocenters.